The van der Waals surface area contributed by atoms with E-state index in [9.17, 15) is 19.6 Å². The van der Waals surface area contributed by atoms with Crippen LogP contribution < -0.4 is 5.32 Å². The molecule has 1 N–H and O–H groups in total. The average Bonchev–Trinajstić information content (AvgIpc) is 3.33. The van der Waals surface area contributed by atoms with E-state index >= 15 is 0 Å². The molecule has 142 valence electrons. The highest BCUT2D eigenvalue weighted by Crippen LogP contribution is 2.22. The van der Waals surface area contributed by atoms with Gasteiger partial charge in [-0.25, -0.2) is 4.68 Å². The third kappa shape index (κ3) is 3.37. The zero-order chi connectivity index (χ0) is 20.4. The third-order valence-electron chi connectivity index (χ3n) is 4.57. The van der Waals surface area contributed by atoms with E-state index in [1.165, 1.54) is 6.20 Å². The molecule has 0 aliphatic carbocycles. The van der Waals surface area contributed by atoms with Gasteiger partial charge in [0, 0.05) is 11.8 Å². The molecule has 1 atom stereocenters. The Kier molecular flexibility index (Phi) is 4.63. The van der Waals surface area contributed by atoms with Crippen LogP contribution in [0.15, 0.2) is 67.0 Å². The van der Waals surface area contributed by atoms with Crippen LogP contribution in [0.5, 0.6) is 0 Å². The normalized spacial score (nSPS) is 13.7. The number of hydrogen-bond donors (Lipinski definition) is 1. The standard InChI is InChI=1S/C21H15N5O3/c22-10-18(14-11-23-26(12-14)15-6-2-1-3-7-15)24-19(27)13-25-20(28)16-8-4-5-9-17(16)21(25)29/h1-9,11-12,18H,13H2,(H,24,27). The van der Waals surface area contributed by atoms with Crippen LogP contribution in [0.1, 0.15) is 32.3 Å². The number of nitrogens with zero attached hydrogens (tertiary/aromatic N) is 4. The molecule has 4 rings (SSSR count). The Morgan fingerprint density at radius 3 is 2.28 bits per heavy atom. The SMILES string of the molecule is N#CC(NC(=O)CN1C(=O)c2ccccc2C1=O)c1cnn(-c2ccccc2)c1. The van der Waals surface area contributed by atoms with Gasteiger partial charge in [0.2, 0.25) is 5.91 Å². The van der Waals surface area contributed by atoms with Crippen molar-refractivity contribution in [3.63, 3.8) is 0 Å². The molecule has 2 heterocycles. The van der Waals surface area contributed by atoms with E-state index in [2.05, 4.69) is 10.4 Å². The van der Waals surface area contributed by atoms with Crippen molar-refractivity contribution in [2.45, 2.75) is 6.04 Å². The zero-order valence-electron chi connectivity index (χ0n) is 15.1. The summed E-state index contributed by atoms with van der Waals surface area (Å²) < 4.78 is 1.59. The predicted octanol–water partition coefficient (Wildman–Crippen LogP) is 1.85. The lowest BCUT2D eigenvalue weighted by atomic mass is 10.1. The zero-order valence-corrected chi connectivity index (χ0v) is 15.1. The second-order valence-electron chi connectivity index (χ2n) is 6.43. The molecule has 0 fully saturated rings. The summed E-state index contributed by atoms with van der Waals surface area (Å²) in [6.45, 7) is -0.461. The van der Waals surface area contributed by atoms with Crippen LogP contribution in [0.4, 0.5) is 0 Å². The Morgan fingerprint density at radius 1 is 1.03 bits per heavy atom. The number of para-hydroxylation sites is 1. The molecule has 3 amide bonds. The van der Waals surface area contributed by atoms with E-state index in [1.807, 2.05) is 36.4 Å². The van der Waals surface area contributed by atoms with Gasteiger partial charge in [-0.1, -0.05) is 30.3 Å². The van der Waals surface area contributed by atoms with Crippen molar-refractivity contribution in [3.05, 3.63) is 83.7 Å². The number of fused-ring (bicyclic) bond motifs is 1. The lowest BCUT2D eigenvalue weighted by molar-refractivity contribution is -0.121. The summed E-state index contributed by atoms with van der Waals surface area (Å²) in [7, 11) is 0. The largest absolute Gasteiger partial charge is 0.335 e. The molecule has 8 heteroatoms. The Morgan fingerprint density at radius 2 is 1.66 bits per heavy atom. The van der Waals surface area contributed by atoms with Crippen molar-refractivity contribution in [2.75, 3.05) is 6.54 Å². The minimum atomic E-state index is -0.963. The highest BCUT2D eigenvalue weighted by atomic mass is 16.2. The highest BCUT2D eigenvalue weighted by molar-refractivity contribution is 6.22. The molecular weight excluding hydrogens is 370 g/mol. The summed E-state index contributed by atoms with van der Waals surface area (Å²) >= 11 is 0. The smallest absolute Gasteiger partial charge is 0.262 e. The Labute approximate surface area is 166 Å². The van der Waals surface area contributed by atoms with Gasteiger partial charge >= 0.3 is 0 Å². The van der Waals surface area contributed by atoms with Gasteiger partial charge in [0.15, 0.2) is 0 Å². The monoisotopic (exact) mass is 385 g/mol. The molecule has 0 saturated heterocycles. The molecule has 0 saturated carbocycles. The van der Waals surface area contributed by atoms with Crippen molar-refractivity contribution in [1.29, 1.82) is 5.26 Å². The summed E-state index contributed by atoms with van der Waals surface area (Å²) in [4.78, 5) is 38.1. The molecule has 1 aliphatic rings. The van der Waals surface area contributed by atoms with Crippen molar-refractivity contribution < 1.29 is 14.4 Å². The number of amides is 3. The minimum absolute atomic E-state index is 0.270. The van der Waals surface area contributed by atoms with E-state index in [4.69, 9.17) is 0 Å². The summed E-state index contributed by atoms with van der Waals surface area (Å²) in [5, 5.41) is 16.2. The first-order valence-corrected chi connectivity index (χ1v) is 8.82. The second kappa shape index (κ2) is 7.40. The maximum absolute atomic E-state index is 12.4. The van der Waals surface area contributed by atoms with E-state index < -0.39 is 30.3 Å². The topological polar surface area (TPSA) is 108 Å². The highest BCUT2D eigenvalue weighted by Gasteiger charge is 2.36. The van der Waals surface area contributed by atoms with E-state index in [0.29, 0.717) is 5.56 Å². The lowest BCUT2D eigenvalue weighted by Crippen LogP contribution is -2.41. The molecule has 1 aromatic heterocycles. The van der Waals surface area contributed by atoms with Gasteiger partial charge in [-0.15, -0.1) is 0 Å². The first-order valence-electron chi connectivity index (χ1n) is 8.82. The fraction of sp³-hybridized carbons (Fsp3) is 0.0952. The number of hydrogen-bond acceptors (Lipinski definition) is 5. The summed E-state index contributed by atoms with van der Waals surface area (Å²) in [5.41, 5.74) is 1.84. The van der Waals surface area contributed by atoms with Crippen LogP contribution in [0.3, 0.4) is 0 Å². The van der Waals surface area contributed by atoms with E-state index in [-0.39, 0.29) is 11.1 Å². The van der Waals surface area contributed by atoms with Gasteiger partial charge in [0.1, 0.15) is 12.6 Å². The van der Waals surface area contributed by atoms with Gasteiger partial charge in [-0.05, 0) is 24.3 Å². The second-order valence-corrected chi connectivity index (χ2v) is 6.43. The Bertz CT molecular complexity index is 1110. The molecule has 1 aliphatic heterocycles. The number of carbonyl (C=O) groups is 3. The number of benzene rings is 2. The molecule has 0 bridgehead atoms. The molecule has 0 radical (unpaired) electrons. The van der Waals surface area contributed by atoms with Gasteiger partial charge in [-0.3, -0.25) is 19.3 Å². The summed E-state index contributed by atoms with van der Waals surface area (Å²) in [5.74, 6) is -1.66. The maximum Gasteiger partial charge on any atom is 0.262 e. The van der Waals surface area contributed by atoms with Crippen LogP contribution in [-0.2, 0) is 4.79 Å². The maximum atomic E-state index is 12.4. The minimum Gasteiger partial charge on any atom is -0.335 e. The summed E-state index contributed by atoms with van der Waals surface area (Å²) in [6, 6.07) is 16.8. The molecule has 29 heavy (non-hydrogen) atoms. The van der Waals surface area contributed by atoms with Crippen LogP contribution >= 0.6 is 0 Å². The van der Waals surface area contributed by atoms with Crippen LogP contribution in [-0.4, -0.2) is 38.9 Å². The van der Waals surface area contributed by atoms with Crippen LogP contribution in [0.2, 0.25) is 0 Å². The molecule has 0 spiro atoms. The first kappa shape index (κ1) is 18.1. The van der Waals surface area contributed by atoms with Gasteiger partial charge in [0.25, 0.3) is 11.8 Å². The van der Waals surface area contributed by atoms with Gasteiger partial charge in [-0.2, -0.15) is 10.4 Å². The fourth-order valence-electron chi connectivity index (χ4n) is 3.13. The van der Waals surface area contributed by atoms with Crippen molar-refractivity contribution in [3.8, 4) is 11.8 Å². The van der Waals surface area contributed by atoms with E-state index in [1.54, 1.807) is 35.1 Å². The number of aromatic nitrogens is 2. The van der Waals surface area contributed by atoms with Gasteiger partial charge in [0.05, 0.1) is 29.1 Å². The molecule has 3 aromatic rings. The molecule has 2 aromatic carbocycles. The molecule has 8 nitrogen and oxygen atoms in total. The van der Waals surface area contributed by atoms with E-state index in [0.717, 1.165) is 10.6 Å². The first-order chi connectivity index (χ1) is 14.1. The summed E-state index contributed by atoms with van der Waals surface area (Å²) in [6.07, 6.45) is 3.13. The third-order valence-corrected chi connectivity index (χ3v) is 4.57. The Hall–Kier alpha value is -4.25. The van der Waals surface area contributed by atoms with Crippen molar-refractivity contribution in [2.24, 2.45) is 0 Å². The van der Waals surface area contributed by atoms with Crippen molar-refractivity contribution >= 4 is 17.7 Å². The molecular formula is C21H15N5O3. The predicted molar refractivity (Wildman–Crippen MR) is 102 cm³/mol. The lowest BCUT2D eigenvalue weighted by Gasteiger charge is -2.15. The average molecular weight is 385 g/mol. The number of rotatable bonds is 5. The number of nitriles is 1. The number of imide groups is 1. The fourth-order valence-corrected chi connectivity index (χ4v) is 3.13. The Balaban J connectivity index is 1.46. The quantitative estimate of drug-likeness (QED) is 0.675. The van der Waals surface area contributed by atoms with Gasteiger partial charge < -0.3 is 5.32 Å². The number of nitrogens with one attached hydrogen (secondary N) is 1. The van der Waals surface area contributed by atoms with Crippen molar-refractivity contribution in [1.82, 2.24) is 20.0 Å². The molecule has 1 unspecified atom stereocenters. The van der Waals surface area contributed by atoms with Crippen LogP contribution in [0, 0.1) is 11.3 Å². The number of carbonyl (C=O) groups excluding carboxylic acids is 3. The van der Waals surface area contributed by atoms with Crippen LogP contribution in [0.25, 0.3) is 5.69 Å².